The van der Waals surface area contributed by atoms with Gasteiger partial charge in [-0.25, -0.2) is 0 Å². The Morgan fingerprint density at radius 3 is 2.41 bits per heavy atom. The van der Waals surface area contributed by atoms with Gasteiger partial charge >= 0.3 is 0 Å². The van der Waals surface area contributed by atoms with Crippen LogP contribution in [0.1, 0.15) is 33.6 Å². The summed E-state index contributed by atoms with van der Waals surface area (Å²) in [5.41, 5.74) is 0.875. The Balaban J connectivity index is 2.26. The molecular formula is C15H20N2. The summed E-state index contributed by atoms with van der Waals surface area (Å²) in [6.07, 6.45) is 2.01. The molecule has 90 valence electrons. The second kappa shape index (κ2) is 4.07. The molecule has 0 bridgehead atoms. The van der Waals surface area contributed by atoms with Gasteiger partial charge in [0.15, 0.2) is 0 Å². The lowest BCUT2D eigenvalue weighted by molar-refractivity contribution is 0.363. The van der Waals surface area contributed by atoms with Gasteiger partial charge in [-0.2, -0.15) is 5.26 Å². The first kappa shape index (κ1) is 12.0. The van der Waals surface area contributed by atoms with E-state index in [0.29, 0.717) is 5.92 Å². The predicted molar refractivity (Wildman–Crippen MR) is 70.6 cm³/mol. The third kappa shape index (κ3) is 2.29. The highest BCUT2D eigenvalue weighted by Gasteiger charge is 2.49. The van der Waals surface area contributed by atoms with Gasteiger partial charge in [0, 0.05) is 5.69 Å². The van der Waals surface area contributed by atoms with Gasteiger partial charge in [-0.05, 0) is 36.3 Å². The van der Waals surface area contributed by atoms with E-state index in [9.17, 15) is 5.26 Å². The SMILES string of the molecule is CC1CC(C)(C)CC1(C#N)Nc1ccccc1. The van der Waals surface area contributed by atoms with E-state index >= 15 is 0 Å². The second-order valence-electron chi connectivity index (χ2n) is 6.02. The number of para-hydroxylation sites is 1. The normalized spacial score (nSPS) is 30.8. The second-order valence-corrected chi connectivity index (χ2v) is 6.02. The number of nitrogens with zero attached hydrogens (tertiary/aromatic N) is 1. The van der Waals surface area contributed by atoms with Crippen LogP contribution in [0, 0.1) is 22.7 Å². The summed E-state index contributed by atoms with van der Waals surface area (Å²) in [7, 11) is 0. The highest BCUT2D eigenvalue weighted by Crippen LogP contribution is 2.48. The number of nitriles is 1. The highest BCUT2D eigenvalue weighted by atomic mass is 15.0. The molecule has 2 nitrogen and oxygen atoms in total. The van der Waals surface area contributed by atoms with E-state index in [4.69, 9.17) is 0 Å². The number of hydrogen-bond donors (Lipinski definition) is 1. The largest absolute Gasteiger partial charge is 0.367 e. The van der Waals surface area contributed by atoms with Crippen LogP contribution in [0.2, 0.25) is 0 Å². The maximum Gasteiger partial charge on any atom is 0.128 e. The van der Waals surface area contributed by atoms with Crippen molar-refractivity contribution in [3.8, 4) is 6.07 Å². The number of rotatable bonds is 2. The fourth-order valence-electron chi connectivity index (χ4n) is 3.13. The lowest BCUT2D eigenvalue weighted by atomic mass is 9.87. The Kier molecular flexibility index (Phi) is 2.87. The minimum atomic E-state index is -0.412. The molecule has 1 aromatic carbocycles. The molecule has 0 aliphatic heterocycles. The minimum absolute atomic E-state index is 0.247. The first-order valence-electron chi connectivity index (χ1n) is 6.22. The van der Waals surface area contributed by atoms with Gasteiger partial charge in [-0.3, -0.25) is 0 Å². The van der Waals surface area contributed by atoms with Gasteiger partial charge in [0.2, 0.25) is 0 Å². The molecule has 0 saturated heterocycles. The smallest absolute Gasteiger partial charge is 0.128 e. The molecule has 1 N–H and O–H groups in total. The molecule has 0 radical (unpaired) electrons. The number of benzene rings is 1. The quantitative estimate of drug-likeness (QED) is 0.835. The Morgan fingerprint density at radius 1 is 1.29 bits per heavy atom. The molecule has 2 rings (SSSR count). The van der Waals surface area contributed by atoms with Crippen LogP contribution >= 0.6 is 0 Å². The fourth-order valence-corrected chi connectivity index (χ4v) is 3.13. The molecule has 0 amide bonds. The molecule has 1 fully saturated rings. The highest BCUT2D eigenvalue weighted by molar-refractivity contribution is 5.48. The number of nitrogens with one attached hydrogen (secondary N) is 1. The molecule has 1 aliphatic carbocycles. The topological polar surface area (TPSA) is 35.8 Å². The Morgan fingerprint density at radius 2 is 1.94 bits per heavy atom. The number of hydrogen-bond acceptors (Lipinski definition) is 2. The van der Waals surface area contributed by atoms with Gasteiger partial charge in [0.1, 0.15) is 5.54 Å². The van der Waals surface area contributed by atoms with Crippen LogP contribution in [0.4, 0.5) is 5.69 Å². The third-order valence-corrected chi connectivity index (χ3v) is 3.80. The van der Waals surface area contributed by atoms with Gasteiger partial charge in [-0.15, -0.1) is 0 Å². The predicted octanol–water partition coefficient (Wildman–Crippen LogP) is 3.82. The zero-order chi connectivity index (χ0) is 12.5. The molecular weight excluding hydrogens is 208 g/mol. The molecule has 17 heavy (non-hydrogen) atoms. The average Bonchev–Trinajstić information content (AvgIpc) is 2.50. The average molecular weight is 228 g/mol. The van der Waals surface area contributed by atoms with Crippen molar-refractivity contribution in [3.05, 3.63) is 30.3 Å². The Hall–Kier alpha value is -1.49. The molecule has 0 heterocycles. The first-order chi connectivity index (χ1) is 7.97. The molecule has 2 unspecified atom stereocenters. The van der Waals surface area contributed by atoms with Gasteiger partial charge < -0.3 is 5.32 Å². The van der Waals surface area contributed by atoms with Crippen molar-refractivity contribution >= 4 is 5.69 Å². The van der Waals surface area contributed by atoms with Crippen molar-refractivity contribution in [2.75, 3.05) is 5.32 Å². The summed E-state index contributed by atoms with van der Waals surface area (Å²) >= 11 is 0. The van der Waals surface area contributed by atoms with Crippen molar-refractivity contribution in [3.63, 3.8) is 0 Å². The summed E-state index contributed by atoms with van der Waals surface area (Å²) in [6, 6.07) is 12.6. The van der Waals surface area contributed by atoms with E-state index in [1.807, 2.05) is 30.3 Å². The molecule has 2 atom stereocenters. The Labute approximate surface area is 104 Å². The van der Waals surface area contributed by atoms with Crippen LogP contribution in [0.5, 0.6) is 0 Å². The lowest BCUT2D eigenvalue weighted by Gasteiger charge is -2.29. The van der Waals surface area contributed by atoms with Crippen LogP contribution in [0.25, 0.3) is 0 Å². The third-order valence-electron chi connectivity index (χ3n) is 3.80. The van der Waals surface area contributed by atoms with E-state index < -0.39 is 5.54 Å². The monoisotopic (exact) mass is 228 g/mol. The van der Waals surface area contributed by atoms with Crippen LogP contribution < -0.4 is 5.32 Å². The fraction of sp³-hybridized carbons (Fsp3) is 0.533. The van der Waals surface area contributed by atoms with Crippen LogP contribution in [-0.2, 0) is 0 Å². The van der Waals surface area contributed by atoms with E-state index in [1.165, 1.54) is 0 Å². The number of anilines is 1. The molecule has 0 aromatic heterocycles. The van der Waals surface area contributed by atoms with Crippen LogP contribution in [0.3, 0.4) is 0 Å². The van der Waals surface area contributed by atoms with Crippen molar-refractivity contribution in [2.45, 2.75) is 39.2 Å². The molecule has 1 aliphatic rings. The molecule has 1 saturated carbocycles. The van der Waals surface area contributed by atoms with E-state index in [-0.39, 0.29) is 5.41 Å². The zero-order valence-corrected chi connectivity index (χ0v) is 10.8. The standard InChI is InChI=1S/C15H20N2/c1-12-9-14(2,3)10-15(12,11-16)17-13-7-5-4-6-8-13/h4-8,12,17H,9-10H2,1-3H3. The van der Waals surface area contributed by atoms with Crippen LogP contribution in [-0.4, -0.2) is 5.54 Å². The minimum Gasteiger partial charge on any atom is -0.367 e. The Bertz CT molecular complexity index is 430. The summed E-state index contributed by atoms with van der Waals surface area (Å²) in [6.45, 7) is 6.67. The molecule has 0 spiro atoms. The zero-order valence-electron chi connectivity index (χ0n) is 10.8. The maximum absolute atomic E-state index is 9.57. The van der Waals surface area contributed by atoms with Crippen LogP contribution in [0.15, 0.2) is 30.3 Å². The van der Waals surface area contributed by atoms with Crippen molar-refractivity contribution in [1.82, 2.24) is 0 Å². The molecule has 2 heteroatoms. The summed E-state index contributed by atoms with van der Waals surface area (Å²) in [5, 5.41) is 13.0. The van der Waals surface area contributed by atoms with Gasteiger partial charge in [0.25, 0.3) is 0 Å². The van der Waals surface area contributed by atoms with E-state index in [1.54, 1.807) is 0 Å². The first-order valence-corrected chi connectivity index (χ1v) is 6.22. The lowest BCUT2D eigenvalue weighted by Crippen LogP contribution is -2.39. The van der Waals surface area contributed by atoms with Crippen molar-refractivity contribution in [2.24, 2.45) is 11.3 Å². The summed E-state index contributed by atoms with van der Waals surface area (Å²) in [5.74, 6) is 0.378. The maximum atomic E-state index is 9.57. The molecule has 1 aromatic rings. The van der Waals surface area contributed by atoms with E-state index in [2.05, 4.69) is 32.2 Å². The summed E-state index contributed by atoms with van der Waals surface area (Å²) < 4.78 is 0. The summed E-state index contributed by atoms with van der Waals surface area (Å²) in [4.78, 5) is 0. The van der Waals surface area contributed by atoms with Crippen molar-refractivity contribution < 1.29 is 0 Å². The van der Waals surface area contributed by atoms with Crippen molar-refractivity contribution in [1.29, 1.82) is 5.26 Å². The van der Waals surface area contributed by atoms with Gasteiger partial charge in [-0.1, -0.05) is 39.0 Å². The van der Waals surface area contributed by atoms with Gasteiger partial charge in [0.05, 0.1) is 6.07 Å². The van der Waals surface area contributed by atoms with E-state index in [0.717, 1.165) is 18.5 Å².